The van der Waals surface area contributed by atoms with Crippen molar-refractivity contribution in [3.63, 3.8) is 0 Å². The first-order chi connectivity index (χ1) is 5.56. The van der Waals surface area contributed by atoms with Crippen molar-refractivity contribution >= 4 is 0 Å². The lowest BCUT2D eigenvalue weighted by atomic mass is 10.1. The first-order valence-corrected chi connectivity index (χ1v) is 4.02. The highest BCUT2D eigenvalue weighted by Gasteiger charge is 2.46. The van der Waals surface area contributed by atoms with Gasteiger partial charge in [-0.25, -0.2) is 8.78 Å². The Morgan fingerprint density at radius 3 is 2.17 bits per heavy atom. The van der Waals surface area contributed by atoms with Crippen LogP contribution in [0.4, 0.5) is 8.78 Å². The topological polar surface area (TPSA) is 27.0 Å². The van der Waals surface area contributed by atoms with Gasteiger partial charge in [-0.2, -0.15) is 5.26 Å². The largest absolute Gasteiger partial charge is 0.299 e. The molecular formula is C8H14F2N2. The van der Waals surface area contributed by atoms with Crippen LogP contribution in [0.1, 0.15) is 13.8 Å². The summed E-state index contributed by atoms with van der Waals surface area (Å²) in [5, 5.41) is 8.26. The fraction of sp³-hybridized carbons (Fsp3) is 0.875. The summed E-state index contributed by atoms with van der Waals surface area (Å²) in [5.41, 5.74) is 0. The monoisotopic (exact) mass is 176 g/mol. The zero-order chi connectivity index (χ0) is 9.78. The van der Waals surface area contributed by atoms with E-state index in [2.05, 4.69) is 0 Å². The Hall–Kier alpha value is -0.690. The van der Waals surface area contributed by atoms with E-state index in [1.165, 1.54) is 4.90 Å². The highest BCUT2D eigenvalue weighted by molar-refractivity contribution is 5.00. The van der Waals surface area contributed by atoms with Crippen LogP contribution in [-0.4, -0.2) is 31.0 Å². The third-order valence-electron chi connectivity index (χ3n) is 1.64. The molecule has 0 saturated carbocycles. The van der Waals surface area contributed by atoms with Crippen molar-refractivity contribution in [1.82, 2.24) is 4.90 Å². The molecule has 1 unspecified atom stereocenters. The van der Waals surface area contributed by atoms with Crippen LogP contribution in [0, 0.1) is 17.2 Å². The molecule has 12 heavy (non-hydrogen) atoms. The maximum absolute atomic E-state index is 12.6. The Bertz CT molecular complexity index is 174. The van der Waals surface area contributed by atoms with Gasteiger partial charge in [0, 0.05) is 6.54 Å². The summed E-state index contributed by atoms with van der Waals surface area (Å²) in [4.78, 5) is 1.47. The third kappa shape index (κ3) is 2.42. The molecule has 1 fully saturated rings. The molecule has 0 spiro atoms. The summed E-state index contributed by atoms with van der Waals surface area (Å²) in [5.74, 6) is -3.92. The van der Waals surface area contributed by atoms with Crippen molar-refractivity contribution in [2.24, 2.45) is 5.92 Å². The van der Waals surface area contributed by atoms with E-state index in [0.717, 1.165) is 0 Å². The van der Waals surface area contributed by atoms with Gasteiger partial charge in [0.05, 0.1) is 12.6 Å². The van der Waals surface area contributed by atoms with Crippen molar-refractivity contribution in [2.75, 3.05) is 20.1 Å². The van der Waals surface area contributed by atoms with Crippen LogP contribution in [-0.2, 0) is 0 Å². The first kappa shape index (κ1) is 11.3. The van der Waals surface area contributed by atoms with Gasteiger partial charge in [0.1, 0.15) is 5.92 Å². The second-order valence-electron chi connectivity index (χ2n) is 2.64. The molecule has 70 valence electrons. The number of hydrogen-bond donors (Lipinski definition) is 0. The molecule has 4 heteroatoms. The highest BCUT2D eigenvalue weighted by Crippen LogP contribution is 2.31. The molecule has 1 saturated heterocycles. The predicted molar refractivity (Wildman–Crippen MR) is 42.9 cm³/mol. The maximum atomic E-state index is 12.6. The lowest BCUT2D eigenvalue weighted by Crippen LogP contribution is -2.25. The fourth-order valence-corrected chi connectivity index (χ4v) is 1.12. The van der Waals surface area contributed by atoms with Crippen molar-refractivity contribution in [2.45, 2.75) is 19.8 Å². The molecule has 0 aromatic heterocycles. The second-order valence-corrected chi connectivity index (χ2v) is 2.64. The molecule has 0 aromatic carbocycles. The number of alkyl halides is 2. The van der Waals surface area contributed by atoms with E-state index in [1.54, 1.807) is 13.1 Å². The Morgan fingerprint density at radius 1 is 1.50 bits per heavy atom. The third-order valence-corrected chi connectivity index (χ3v) is 1.64. The molecule has 2 nitrogen and oxygen atoms in total. The molecule has 1 rings (SSSR count). The fourth-order valence-electron chi connectivity index (χ4n) is 1.12. The number of halogens is 2. The number of likely N-dealkylation sites (tertiary alicyclic amines) is 1. The van der Waals surface area contributed by atoms with E-state index in [-0.39, 0.29) is 13.1 Å². The normalized spacial score (nSPS) is 27.2. The molecule has 1 aliphatic heterocycles. The van der Waals surface area contributed by atoms with Gasteiger partial charge in [0.2, 0.25) is 0 Å². The van der Waals surface area contributed by atoms with Gasteiger partial charge in [-0.15, -0.1) is 0 Å². The van der Waals surface area contributed by atoms with E-state index < -0.39 is 11.8 Å². The molecule has 0 amide bonds. The minimum absolute atomic E-state index is 0.184. The summed E-state index contributed by atoms with van der Waals surface area (Å²) in [7, 11) is 1.59. The lowest BCUT2D eigenvalue weighted by Gasteiger charge is -2.09. The molecule has 0 aromatic rings. The quantitative estimate of drug-likeness (QED) is 0.562. The standard InChI is InChI=1S/C6H8F2N2.C2H6/c1-10-3-5(2-9)6(7,8)4-10;1-2/h5H,3-4H2,1H3;1-2H3. The summed E-state index contributed by atoms with van der Waals surface area (Å²) < 4.78 is 25.2. The summed E-state index contributed by atoms with van der Waals surface area (Å²) in [6.07, 6.45) is 0. The van der Waals surface area contributed by atoms with Crippen molar-refractivity contribution in [1.29, 1.82) is 5.26 Å². The van der Waals surface area contributed by atoms with Crippen LogP contribution >= 0.6 is 0 Å². The van der Waals surface area contributed by atoms with Crippen LogP contribution in [0.15, 0.2) is 0 Å². The van der Waals surface area contributed by atoms with E-state index in [1.807, 2.05) is 13.8 Å². The van der Waals surface area contributed by atoms with Crippen LogP contribution in [0.3, 0.4) is 0 Å². The smallest absolute Gasteiger partial charge is 0.277 e. The molecular weight excluding hydrogens is 162 g/mol. The second kappa shape index (κ2) is 4.36. The summed E-state index contributed by atoms with van der Waals surface area (Å²) in [6, 6.07) is 1.59. The number of rotatable bonds is 0. The number of hydrogen-bond acceptors (Lipinski definition) is 2. The predicted octanol–water partition coefficient (Wildman–Crippen LogP) is 1.73. The highest BCUT2D eigenvalue weighted by atomic mass is 19.3. The first-order valence-electron chi connectivity index (χ1n) is 4.02. The SMILES string of the molecule is CC.CN1CC(C#N)C(F)(F)C1. The van der Waals surface area contributed by atoms with Gasteiger partial charge < -0.3 is 0 Å². The minimum atomic E-state index is -2.80. The average Bonchev–Trinajstić information content (AvgIpc) is 2.27. The molecule has 1 aliphatic rings. The van der Waals surface area contributed by atoms with Crippen LogP contribution in [0.2, 0.25) is 0 Å². The minimum Gasteiger partial charge on any atom is -0.299 e. The van der Waals surface area contributed by atoms with Gasteiger partial charge in [-0.05, 0) is 7.05 Å². The van der Waals surface area contributed by atoms with Gasteiger partial charge in [-0.1, -0.05) is 13.8 Å². The van der Waals surface area contributed by atoms with Crippen molar-refractivity contribution in [3.8, 4) is 6.07 Å². The molecule has 0 radical (unpaired) electrons. The molecule has 0 N–H and O–H groups in total. The van der Waals surface area contributed by atoms with E-state index in [4.69, 9.17) is 5.26 Å². The Kier molecular flexibility index (Phi) is 4.11. The average molecular weight is 176 g/mol. The molecule has 1 heterocycles. The van der Waals surface area contributed by atoms with Gasteiger partial charge >= 0.3 is 0 Å². The summed E-state index contributed by atoms with van der Waals surface area (Å²) in [6.45, 7) is 3.90. The van der Waals surface area contributed by atoms with Gasteiger partial charge in [0.15, 0.2) is 0 Å². The van der Waals surface area contributed by atoms with Crippen LogP contribution in [0.25, 0.3) is 0 Å². The Balaban J connectivity index is 0.000000561. The lowest BCUT2D eigenvalue weighted by molar-refractivity contribution is -0.00848. The Labute approximate surface area is 71.8 Å². The zero-order valence-corrected chi connectivity index (χ0v) is 7.64. The summed E-state index contributed by atoms with van der Waals surface area (Å²) >= 11 is 0. The molecule has 1 atom stereocenters. The maximum Gasteiger partial charge on any atom is 0.277 e. The van der Waals surface area contributed by atoms with Crippen LogP contribution < -0.4 is 0 Å². The van der Waals surface area contributed by atoms with E-state index in [0.29, 0.717) is 0 Å². The zero-order valence-electron chi connectivity index (χ0n) is 7.64. The van der Waals surface area contributed by atoms with E-state index >= 15 is 0 Å². The van der Waals surface area contributed by atoms with Crippen LogP contribution in [0.5, 0.6) is 0 Å². The van der Waals surface area contributed by atoms with Gasteiger partial charge in [-0.3, -0.25) is 4.90 Å². The molecule has 0 aliphatic carbocycles. The molecule has 0 bridgehead atoms. The van der Waals surface area contributed by atoms with E-state index in [9.17, 15) is 8.78 Å². The number of nitriles is 1. The Morgan fingerprint density at radius 2 is 2.00 bits per heavy atom. The van der Waals surface area contributed by atoms with Crippen molar-refractivity contribution < 1.29 is 8.78 Å². The van der Waals surface area contributed by atoms with Gasteiger partial charge in [0.25, 0.3) is 5.92 Å². The number of nitrogens with zero attached hydrogens (tertiary/aromatic N) is 2. The van der Waals surface area contributed by atoms with Crippen molar-refractivity contribution in [3.05, 3.63) is 0 Å².